The van der Waals surface area contributed by atoms with E-state index in [0.29, 0.717) is 11.9 Å². The Morgan fingerprint density at radius 1 is 1.25 bits per heavy atom. The van der Waals surface area contributed by atoms with Crippen molar-refractivity contribution >= 4 is 11.6 Å². The van der Waals surface area contributed by atoms with Crippen molar-refractivity contribution in [3.05, 3.63) is 12.2 Å². The molecular formula is C13H27ClN2. The van der Waals surface area contributed by atoms with Crippen molar-refractivity contribution in [2.24, 2.45) is 0 Å². The summed E-state index contributed by atoms with van der Waals surface area (Å²) in [6.07, 6.45) is 6.59. The monoisotopic (exact) mass is 246 g/mol. The van der Waals surface area contributed by atoms with E-state index in [9.17, 15) is 0 Å². The Morgan fingerprint density at radius 2 is 1.94 bits per heavy atom. The van der Waals surface area contributed by atoms with Gasteiger partial charge in [-0.05, 0) is 39.4 Å². The number of alkyl halides is 1. The molecule has 0 aromatic carbocycles. The summed E-state index contributed by atoms with van der Waals surface area (Å²) in [5.74, 6) is 0.609. The molecule has 0 saturated heterocycles. The third-order valence-electron chi connectivity index (χ3n) is 2.85. The lowest BCUT2D eigenvalue weighted by atomic mass is 10.1. The van der Waals surface area contributed by atoms with E-state index in [2.05, 4.69) is 37.1 Å². The van der Waals surface area contributed by atoms with Crippen LogP contribution in [0.15, 0.2) is 12.2 Å². The Bertz CT molecular complexity index is 167. The van der Waals surface area contributed by atoms with Crippen LogP contribution in [0.4, 0.5) is 0 Å². The molecule has 1 N–H and O–H groups in total. The third-order valence-corrected chi connectivity index (χ3v) is 3.02. The minimum absolute atomic E-state index is 0.593. The standard InChI is InChI=1S/C13H27ClN2/c1-4-16(5-2)12-8-9-13(3)15-11-7-6-10-14/h6-7,13,15H,4-5,8-12H2,1-3H3/b7-6+. The smallest absolute Gasteiger partial charge is 0.0404 e. The Balaban J connectivity index is 3.42. The Kier molecular flexibility index (Phi) is 11.4. The highest BCUT2D eigenvalue weighted by Crippen LogP contribution is 1.99. The van der Waals surface area contributed by atoms with Crippen LogP contribution in [0.2, 0.25) is 0 Å². The second kappa shape index (κ2) is 11.4. The van der Waals surface area contributed by atoms with Crippen molar-refractivity contribution in [3.8, 4) is 0 Å². The molecule has 1 atom stereocenters. The van der Waals surface area contributed by atoms with Gasteiger partial charge in [-0.3, -0.25) is 0 Å². The lowest BCUT2D eigenvalue weighted by molar-refractivity contribution is 0.291. The second-order valence-electron chi connectivity index (χ2n) is 4.10. The summed E-state index contributed by atoms with van der Waals surface area (Å²) in [6, 6.07) is 0.593. The number of nitrogens with zero attached hydrogens (tertiary/aromatic N) is 1. The van der Waals surface area contributed by atoms with Crippen LogP contribution in [0.3, 0.4) is 0 Å². The molecule has 0 saturated carbocycles. The minimum atomic E-state index is 0.593. The van der Waals surface area contributed by atoms with Gasteiger partial charge in [-0.1, -0.05) is 26.0 Å². The van der Waals surface area contributed by atoms with Gasteiger partial charge in [0.2, 0.25) is 0 Å². The van der Waals surface area contributed by atoms with Crippen molar-refractivity contribution in [2.75, 3.05) is 32.1 Å². The first kappa shape index (κ1) is 16.0. The molecule has 0 aliphatic heterocycles. The molecule has 16 heavy (non-hydrogen) atoms. The van der Waals surface area contributed by atoms with Crippen LogP contribution in [0, 0.1) is 0 Å². The van der Waals surface area contributed by atoms with Crippen LogP contribution in [0.5, 0.6) is 0 Å². The van der Waals surface area contributed by atoms with E-state index < -0.39 is 0 Å². The Labute approximate surface area is 106 Å². The van der Waals surface area contributed by atoms with Crippen LogP contribution < -0.4 is 5.32 Å². The van der Waals surface area contributed by atoms with Crippen LogP contribution in [-0.2, 0) is 0 Å². The molecule has 0 aromatic rings. The summed E-state index contributed by atoms with van der Waals surface area (Å²) in [4.78, 5) is 2.47. The van der Waals surface area contributed by atoms with Gasteiger partial charge in [-0.2, -0.15) is 0 Å². The highest BCUT2D eigenvalue weighted by Gasteiger charge is 2.02. The summed E-state index contributed by atoms with van der Waals surface area (Å²) in [5, 5.41) is 3.46. The van der Waals surface area contributed by atoms with Crippen LogP contribution >= 0.6 is 11.6 Å². The predicted molar refractivity (Wildman–Crippen MR) is 74.3 cm³/mol. The average Bonchev–Trinajstić information content (AvgIpc) is 2.30. The molecule has 3 heteroatoms. The maximum Gasteiger partial charge on any atom is 0.0404 e. The van der Waals surface area contributed by atoms with Gasteiger partial charge < -0.3 is 10.2 Å². The molecule has 0 heterocycles. The summed E-state index contributed by atoms with van der Waals surface area (Å²) in [7, 11) is 0. The van der Waals surface area contributed by atoms with Gasteiger partial charge >= 0.3 is 0 Å². The molecule has 0 aromatic heterocycles. The zero-order valence-corrected chi connectivity index (χ0v) is 11.8. The van der Waals surface area contributed by atoms with Gasteiger partial charge in [0, 0.05) is 18.5 Å². The van der Waals surface area contributed by atoms with Gasteiger partial charge in [0.1, 0.15) is 0 Å². The first-order chi connectivity index (χ1) is 7.74. The van der Waals surface area contributed by atoms with Gasteiger partial charge in [-0.15, -0.1) is 11.6 Å². The highest BCUT2D eigenvalue weighted by atomic mass is 35.5. The lowest BCUT2D eigenvalue weighted by Crippen LogP contribution is -2.29. The molecule has 0 spiro atoms. The number of nitrogens with one attached hydrogen (secondary N) is 1. The van der Waals surface area contributed by atoms with Gasteiger partial charge in [-0.25, -0.2) is 0 Å². The largest absolute Gasteiger partial charge is 0.311 e. The zero-order chi connectivity index (χ0) is 12.2. The third kappa shape index (κ3) is 9.20. The van der Waals surface area contributed by atoms with E-state index >= 15 is 0 Å². The summed E-state index contributed by atoms with van der Waals surface area (Å²) < 4.78 is 0. The molecular weight excluding hydrogens is 220 g/mol. The number of halogens is 1. The molecule has 0 aliphatic carbocycles. The van der Waals surface area contributed by atoms with Crippen LogP contribution in [-0.4, -0.2) is 43.0 Å². The molecule has 2 nitrogen and oxygen atoms in total. The fourth-order valence-electron chi connectivity index (χ4n) is 1.68. The van der Waals surface area contributed by atoms with Gasteiger partial charge in [0.15, 0.2) is 0 Å². The fourth-order valence-corrected chi connectivity index (χ4v) is 1.80. The van der Waals surface area contributed by atoms with Crippen LogP contribution in [0.1, 0.15) is 33.6 Å². The van der Waals surface area contributed by atoms with E-state index in [1.807, 2.05) is 6.08 Å². The number of hydrogen-bond donors (Lipinski definition) is 1. The minimum Gasteiger partial charge on any atom is -0.311 e. The fraction of sp³-hybridized carbons (Fsp3) is 0.846. The molecule has 0 radical (unpaired) electrons. The van der Waals surface area contributed by atoms with E-state index in [1.54, 1.807) is 0 Å². The molecule has 0 amide bonds. The molecule has 0 bridgehead atoms. The van der Waals surface area contributed by atoms with Crippen molar-refractivity contribution in [1.82, 2.24) is 10.2 Å². The summed E-state index contributed by atoms with van der Waals surface area (Å²) >= 11 is 5.55. The van der Waals surface area contributed by atoms with Crippen molar-refractivity contribution in [3.63, 3.8) is 0 Å². The highest BCUT2D eigenvalue weighted by molar-refractivity contribution is 6.18. The SMILES string of the molecule is CCN(CC)CCCC(C)NC/C=C/CCl. The van der Waals surface area contributed by atoms with Gasteiger partial charge in [0.05, 0.1) is 0 Å². The topological polar surface area (TPSA) is 15.3 Å². The average molecular weight is 247 g/mol. The van der Waals surface area contributed by atoms with Crippen molar-refractivity contribution < 1.29 is 0 Å². The number of rotatable bonds is 10. The Hall–Kier alpha value is -0.0500. The normalized spacial score (nSPS) is 13.8. The number of hydrogen-bond acceptors (Lipinski definition) is 2. The van der Waals surface area contributed by atoms with E-state index in [1.165, 1.54) is 19.4 Å². The second-order valence-corrected chi connectivity index (χ2v) is 4.41. The summed E-state index contributed by atoms with van der Waals surface area (Å²) in [6.45, 7) is 11.2. The predicted octanol–water partition coefficient (Wildman–Crippen LogP) is 2.88. The first-order valence-corrected chi connectivity index (χ1v) is 6.94. The lowest BCUT2D eigenvalue weighted by Gasteiger charge is -2.19. The van der Waals surface area contributed by atoms with Crippen LogP contribution in [0.25, 0.3) is 0 Å². The van der Waals surface area contributed by atoms with E-state index in [0.717, 1.165) is 19.6 Å². The molecule has 1 unspecified atom stereocenters. The molecule has 0 fully saturated rings. The molecule has 96 valence electrons. The first-order valence-electron chi connectivity index (χ1n) is 6.41. The van der Waals surface area contributed by atoms with Crippen molar-refractivity contribution in [1.29, 1.82) is 0 Å². The molecule has 0 rings (SSSR count). The quantitative estimate of drug-likeness (QED) is 0.471. The van der Waals surface area contributed by atoms with Crippen molar-refractivity contribution in [2.45, 2.75) is 39.7 Å². The maximum absolute atomic E-state index is 5.55. The Morgan fingerprint density at radius 3 is 2.50 bits per heavy atom. The zero-order valence-electron chi connectivity index (χ0n) is 11.0. The maximum atomic E-state index is 5.55. The van der Waals surface area contributed by atoms with E-state index in [4.69, 9.17) is 11.6 Å². The van der Waals surface area contributed by atoms with E-state index in [-0.39, 0.29) is 0 Å². The summed E-state index contributed by atoms with van der Waals surface area (Å²) in [5.41, 5.74) is 0. The van der Waals surface area contributed by atoms with Gasteiger partial charge in [0.25, 0.3) is 0 Å². The number of allylic oxidation sites excluding steroid dienone is 1. The molecule has 0 aliphatic rings.